The summed E-state index contributed by atoms with van der Waals surface area (Å²) < 4.78 is 11.5. The number of hydrogen-bond donors (Lipinski definition) is 1. The highest BCUT2D eigenvalue weighted by Crippen LogP contribution is 2.34. The number of aromatic carboxylic acids is 1. The van der Waals surface area contributed by atoms with Crippen LogP contribution in [-0.2, 0) is 28.9 Å². The topological polar surface area (TPSA) is 116 Å². The maximum atomic E-state index is 11.5. The number of carbonyl (C=O) groups excluding carboxylic acids is 1. The third-order valence-corrected chi connectivity index (χ3v) is 3.76. The van der Waals surface area contributed by atoms with Gasteiger partial charge in [0.2, 0.25) is 0 Å². The van der Waals surface area contributed by atoms with Crippen LogP contribution in [0.3, 0.4) is 0 Å². The van der Waals surface area contributed by atoms with Gasteiger partial charge in [0.05, 0.1) is 25.0 Å². The highest BCUT2D eigenvalue weighted by Gasteiger charge is 2.29. The third kappa shape index (κ3) is 2.80. The molecule has 2 heterocycles. The molecule has 9 nitrogen and oxygen atoms in total. The van der Waals surface area contributed by atoms with E-state index in [1.54, 1.807) is 6.20 Å². The molecule has 2 aromatic heterocycles. The Labute approximate surface area is 137 Å². The molecule has 0 aliphatic heterocycles. The predicted molar refractivity (Wildman–Crippen MR) is 80.8 cm³/mol. The molecule has 0 saturated carbocycles. The van der Waals surface area contributed by atoms with Crippen molar-refractivity contribution in [2.45, 2.75) is 26.3 Å². The quantitative estimate of drug-likeness (QED) is 0.796. The van der Waals surface area contributed by atoms with Gasteiger partial charge >= 0.3 is 17.9 Å². The molecule has 0 fully saturated rings. The van der Waals surface area contributed by atoms with Crippen molar-refractivity contribution in [3.8, 4) is 17.4 Å². The van der Waals surface area contributed by atoms with Gasteiger partial charge < -0.3 is 14.6 Å². The highest BCUT2D eigenvalue weighted by atomic mass is 16.5. The van der Waals surface area contributed by atoms with Crippen LogP contribution in [0.5, 0.6) is 6.01 Å². The standard InChI is InChI=1S/C15H16N4O5/c1-8(20)24-6-5-19-13-10(12(18-19)14(21)22)4-3-9-7-16-15(23-2)17-11(9)13/h7H,3-6H2,1-2H3,(H,21,22). The van der Waals surface area contributed by atoms with Crippen LogP contribution in [0.1, 0.15) is 28.5 Å². The first-order valence-electron chi connectivity index (χ1n) is 7.38. The van der Waals surface area contributed by atoms with E-state index in [1.165, 1.54) is 18.7 Å². The SMILES string of the molecule is COc1ncc2c(n1)-c1c(c(C(=O)O)nn1CCOC(C)=O)CC2. The number of esters is 1. The molecule has 1 aliphatic rings. The summed E-state index contributed by atoms with van der Waals surface area (Å²) in [6, 6.07) is 0.200. The highest BCUT2D eigenvalue weighted by molar-refractivity contribution is 5.90. The number of carboxylic acids is 1. The summed E-state index contributed by atoms with van der Waals surface area (Å²) in [5.74, 6) is -1.50. The number of methoxy groups -OCH3 is 1. The average Bonchev–Trinajstić information content (AvgIpc) is 2.93. The van der Waals surface area contributed by atoms with Crippen molar-refractivity contribution in [2.24, 2.45) is 0 Å². The van der Waals surface area contributed by atoms with E-state index in [-0.39, 0.29) is 24.9 Å². The molecule has 0 saturated heterocycles. The van der Waals surface area contributed by atoms with Gasteiger partial charge in [0, 0.05) is 18.7 Å². The van der Waals surface area contributed by atoms with Crippen LogP contribution in [-0.4, -0.2) is 50.5 Å². The normalized spacial score (nSPS) is 12.2. The minimum absolute atomic E-state index is 0.00365. The second-order valence-corrected chi connectivity index (χ2v) is 5.27. The van der Waals surface area contributed by atoms with Crippen molar-refractivity contribution in [1.82, 2.24) is 19.7 Å². The summed E-state index contributed by atoms with van der Waals surface area (Å²) in [7, 11) is 1.46. The van der Waals surface area contributed by atoms with Gasteiger partial charge in [-0.1, -0.05) is 0 Å². The Bertz CT molecular complexity index is 814. The first kappa shape index (κ1) is 15.9. The Morgan fingerprint density at radius 2 is 2.17 bits per heavy atom. The van der Waals surface area contributed by atoms with Gasteiger partial charge in [-0.05, 0) is 18.4 Å². The number of carbonyl (C=O) groups is 2. The number of hydrogen-bond acceptors (Lipinski definition) is 7. The zero-order chi connectivity index (χ0) is 17.3. The Hall–Kier alpha value is -2.97. The molecule has 0 unspecified atom stereocenters. The molecule has 126 valence electrons. The molecule has 2 aromatic rings. The van der Waals surface area contributed by atoms with Gasteiger partial charge in [-0.15, -0.1) is 0 Å². The second-order valence-electron chi connectivity index (χ2n) is 5.27. The number of aryl methyl sites for hydroxylation is 1. The van der Waals surface area contributed by atoms with Gasteiger partial charge in [-0.3, -0.25) is 9.48 Å². The van der Waals surface area contributed by atoms with E-state index in [9.17, 15) is 14.7 Å². The number of aromatic nitrogens is 4. The first-order valence-corrected chi connectivity index (χ1v) is 7.38. The van der Waals surface area contributed by atoms with Crippen molar-refractivity contribution < 1.29 is 24.2 Å². The number of rotatable bonds is 5. The average molecular weight is 332 g/mol. The molecule has 9 heteroatoms. The lowest BCUT2D eigenvalue weighted by Crippen LogP contribution is -2.14. The molecule has 3 rings (SSSR count). The van der Waals surface area contributed by atoms with Gasteiger partial charge in [0.15, 0.2) is 5.69 Å². The first-order chi connectivity index (χ1) is 11.5. The van der Waals surface area contributed by atoms with Crippen molar-refractivity contribution in [3.63, 3.8) is 0 Å². The summed E-state index contributed by atoms with van der Waals surface area (Å²) in [6.45, 7) is 1.65. The fourth-order valence-electron chi connectivity index (χ4n) is 2.75. The maximum absolute atomic E-state index is 11.5. The van der Waals surface area contributed by atoms with Gasteiger partial charge in [0.25, 0.3) is 0 Å². The smallest absolute Gasteiger partial charge is 0.356 e. The third-order valence-electron chi connectivity index (χ3n) is 3.76. The predicted octanol–water partition coefficient (Wildman–Crippen LogP) is 0.709. The van der Waals surface area contributed by atoms with Crippen LogP contribution >= 0.6 is 0 Å². The van der Waals surface area contributed by atoms with E-state index < -0.39 is 11.9 Å². The van der Waals surface area contributed by atoms with Crippen LogP contribution in [0, 0.1) is 0 Å². The summed E-state index contributed by atoms with van der Waals surface area (Å²) in [6.07, 6.45) is 2.84. The minimum Gasteiger partial charge on any atom is -0.476 e. The molecular formula is C15H16N4O5. The van der Waals surface area contributed by atoms with Crippen LogP contribution in [0.25, 0.3) is 11.4 Å². The lowest BCUT2D eigenvalue weighted by molar-refractivity contribution is -0.141. The maximum Gasteiger partial charge on any atom is 0.356 e. The van der Waals surface area contributed by atoms with Crippen LogP contribution < -0.4 is 4.74 Å². The molecule has 0 radical (unpaired) electrons. The van der Waals surface area contributed by atoms with Gasteiger partial charge in [-0.25, -0.2) is 9.78 Å². The van der Waals surface area contributed by atoms with Crippen LogP contribution in [0.4, 0.5) is 0 Å². The van der Waals surface area contributed by atoms with Gasteiger partial charge in [-0.2, -0.15) is 10.1 Å². The van der Waals surface area contributed by atoms with Crippen molar-refractivity contribution in [2.75, 3.05) is 13.7 Å². The molecule has 1 aliphatic carbocycles. The zero-order valence-corrected chi connectivity index (χ0v) is 13.3. The molecule has 0 spiro atoms. The van der Waals surface area contributed by atoms with Crippen molar-refractivity contribution >= 4 is 11.9 Å². The number of ether oxygens (including phenoxy) is 2. The largest absolute Gasteiger partial charge is 0.476 e. The van der Waals surface area contributed by atoms with E-state index in [4.69, 9.17) is 9.47 Å². The molecule has 0 aromatic carbocycles. The summed E-state index contributed by atoms with van der Waals surface area (Å²) >= 11 is 0. The van der Waals surface area contributed by atoms with Crippen molar-refractivity contribution in [3.05, 3.63) is 23.0 Å². The molecule has 24 heavy (non-hydrogen) atoms. The minimum atomic E-state index is -1.10. The summed E-state index contributed by atoms with van der Waals surface area (Å²) in [4.78, 5) is 30.9. The lowest BCUT2D eigenvalue weighted by Gasteiger charge is -2.17. The fourth-order valence-corrected chi connectivity index (χ4v) is 2.75. The fraction of sp³-hybridized carbons (Fsp3) is 0.400. The Kier molecular flexibility index (Phi) is 4.15. The number of carboxylic acid groups (broad SMARTS) is 1. The van der Waals surface area contributed by atoms with E-state index in [0.29, 0.717) is 29.8 Å². The monoisotopic (exact) mass is 332 g/mol. The summed E-state index contributed by atoms with van der Waals surface area (Å²) in [5, 5.41) is 13.6. The number of nitrogens with zero attached hydrogens (tertiary/aromatic N) is 4. The van der Waals surface area contributed by atoms with Crippen molar-refractivity contribution in [1.29, 1.82) is 0 Å². The van der Waals surface area contributed by atoms with E-state index in [1.807, 2.05) is 0 Å². The van der Waals surface area contributed by atoms with E-state index >= 15 is 0 Å². The second kappa shape index (κ2) is 6.26. The van der Waals surface area contributed by atoms with Gasteiger partial charge in [0.1, 0.15) is 6.61 Å². The molecule has 0 atom stereocenters. The van der Waals surface area contributed by atoms with E-state index in [0.717, 1.165) is 5.56 Å². The summed E-state index contributed by atoms with van der Waals surface area (Å²) in [5.41, 5.74) is 2.73. The lowest BCUT2D eigenvalue weighted by atomic mass is 9.93. The molecule has 1 N–H and O–H groups in total. The Morgan fingerprint density at radius 3 is 2.83 bits per heavy atom. The van der Waals surface area contributed by atoms with E-state index in [2.05, 4.69) is 15.1 Å². The molecular weight excluding hydrogens is 316 g/mol. The zero-order valence-electron chi connectivity index (χ0n) is 13.3. The Morgan fingerprint density at radius 1 is 1.38 bits per heavy atom. The number of fused-ring (bicyclic) bond motifs is 3. The van der Waals surface area contributed by atoms with Crippen LogP contribution in [0.2, 0.25) is 0 Å². The Balaban J connectivity index is 2.08. The molecule has 0 bridgehead atoms. The van der Waals surface area contributed by atoms with Crippen LogP contribution in [0.15, 0.2) is 6.20 Å². The molecule has 0 amide bonds.